The number of hydrogen-bond acceptors (Lipinski definition) is 5. The lowest BCUT2D eigenvalue weighted by molar-refractivity contribution is -0.135. The number of rotatable bonds is 4. The van der Waals surface area contributed by atoms with E-state index in [1.54, 1.807) is 11.1 Å². The topological polar surface area (TPSA) is 76.8 Å². The lowest BCUT2D eigenvalue weighted by Gasteiger charge is -2.36. The minimum atomic E-state index is -0.596. The zero-order valence-electron chi connectivity index (χ0n) is 14.8. The zero-order chi connectivity index (χ0) is 18.1. The third kappa shape index (κ3) is 3.14. The van der Waals surface area contributed by atoms with Crippen LogP contribution in [0.2, 0.25) is 0 Å². The predicted octanol–water partition coefficient (Wildman–Crippen LogP) is 1.55. The lowest BCUT2D eigenvalue weighted by atomic mass is 9.87. The summed E-state index contributed by atoms with van der Waals surface area (Å²) in [5.41, 5.74) is 1.02. The molecule has 1 saturated heterocycles. The second-order valence-corrected chi connectivity index (χ2v) is 6.74. The number of carbonyl (C=O) groups is 1. The first kappa shape index (κ1) is 16.9. The molecule has 0 bridgehead atoms. The van der Waals surface area contributed by atoms with E-state index in [0.29, 0.717) is 13.1 Å². The molecule has 0 unspecified atom stereocenters. The Labute approximate surface area is 152 Å². The van der Waals surface area contributed by atoms with E-state index in [2.05, 4.69) is 4.98 Å². The maximum Gasteiger partial charge on any atom is 0.242 e. The van der Waals surface area contributed by atoms with Gasteiger partial charge in [0.25, 0.3) is 0 Å². The molecule has 4 rings (SSSR count). The van der Waals surface area contributed by atoms with Crippen LogP contribution < -0.4 is 9.47 Å². The molecule has 26 heavy (non-hydrogen) atoms. The van der Waals surface area contributed by atoms with Gasteiger partial charge in [-0.15, -0.1) is 0 Å². The molecule has 1 aromatic carbocycles. The largest absolute Gasteiger partial charge is 0.454 e. The number of hydrogen-bond donors (Lipinski definition) is 1. The Hall–Kier alpha value is -2.54. The number of ether oxygens (including phenoxy) is 2. The van der Waals surface area contributed by atoms with Crippen molar-refractivity contribution >= 4 is 5.91 Å². The van der Waals surface area contributed by atoms with Gasteiger partial charge in [-0.25, -0.2) is 4.98 Å². The van der Waals surface area contributed by atoms with Crippen molar-refractivity contribution in [2.45, 2.75) is 38.3 Å². The van der Waals surface area contributed by atoms with Gasteiger partial charge >= 0.3 is 0 Å². The summed E-state index contributed by atoms with van der Waals surface area (Å²) in [7, 11) is 0. The molecule has 2 aromatic rings. The average molecular weight is 357 g/mol. The van der Waals surface area contributed by atoms with Gasteiger partial charge in [0.15, 0.2) is 11.5 Å². The third-order valence-corrected chi connectivity index (χ3v) is 5.18. The van der Waals surface area contributed by atoms with Crippen molar-refractivity contribution in [3.63, 3.8) is 0 Å². The molecule has 138 valence electrons. The van der Waals surface area contributed by atoms with Crippen LogP contribution in [0.1, 0.15) is 30.7 Å². The van der Waals surface area contributed by atoms with Crippen LogP contribution in [0.25, 0.3) is 0 Å². The quantitative estimate of drug-likeness (QED) is 0.898. The summed E-state index contributed by atoms with van der Waals surface area (Å²) in [5.74, 6) is 2.37. The highest BCUT2D eigenvalue weighted by atomic mass is 16.7. The fourth-order valence-corrected chi connectivity index (χ4v) is 3.73. The Morgan fingerprint density at radius 2 is 2.19 bits per heavy atom. The average Bonchev–Trinajstić information content (AvgIpc) is 3.29. The number of aliphatic hydroxyl groups excluding tert-OH is 1. The molecule has 3 heterocycles. The summed E-state index contributed by atoms with van der Waals surface area (Å²) in [6.45, 7) is 3.50. The number of nitrogens with zero attached hydrogens (tertiary/aromatic N) is 3. The number of imidazole rings is 1. The number of amides is 1. The first-order chi connectivity index (χ1) is 12.7. The van der Waals surface area contributed by atoms with E-state index in [1.165, 1.54) is 0 Å². The van der Waals surface area contributed by atoms with Gasteiger partial charge in [0, 0.05) is 37.8 Å². The number of fused-ring (bicyclic) bond motifs is 1. The second-order valence-electron chi connectivity index (χ2n) is 6.74. The fourth-order valence-electron chi connectivity index (χ4n) is 3.73. The first-order valence-corrected chi connectivity index (χ1v) is 9.01. The SMILES string of the molecule is CCc1nccn1CC(=O)N1CC[C@@H](c2ccc3c(c2)OCO3)[C@H](O)C1. The summed E-state index contributed by atoms with van der Waals surface area (Å²) < 4.78 is 12.6. The van der Waals surface area contributed by atoms with Crippen molar-refractivity contribution in [3.05, 3.63) is 42.0 Å². The van der Waals surface area contributed by atoms with E-state index in [1.807, 2.05) is 35.9 Å². The smallest absolute Gasteiger partial charge is 0.242 e. The van der Waals surface area contributed by atoms with Gasteiger partial charge in [-0.1, -0.05) is 13.0 Å². The molecule has 1 N–H and O–H groups in total. The van der Waals surface area contributed by atoms with Crippen LogP contribution in [-0.4, -0.2) is 51.5 Å². The highest BCUT2D eigenvalue weighted by molar-refractivity contribution is 5.76. The monoisotopic (exact) mass is 357 g/mol. The van der Waals surface area contributed by atoms with Crippen LogP contribution in [0.5, 0.6) is 11.5 Å². The van der Waals surface area contributed by atoms with Crippen molar-refractivity contribution in [1.29, 1.82) is 0 Å². The van der Waals surface area contributed by atoms with Crippen molar-refractivity contribution in [2.24, 2.45) is 0 Å². The lowest BCUT2D eigenvalue weighted by Crippen LogP contribution is -2.46. The molecule has 2 aliphatic rings. The number of β-amino-alcohol motifs (C(OH)–C–C–N with tert-alkyl or cyclic N) is 1. The molecule has 0 radical (unpaired) electrons. The highest BCUT2D eigenvalue weighted by Gasteiger charge is 2.32. The summed E-state index contributed by atoms with van der Waals surface area (Å²) >= 11 is 0. The molecular formula is C19H23N3O4. The third-order valence-electron chi connectivity index (χ3n) is 5.18. The Morgan fingerprint density at radius 1 is 1.35 bits per heavy atom. The molecule has 1 amide bonds. The number of aromatic nitrogens is 2. The minimum absolute atomic E-state index is 0.00648. The number of carbonyl (C=O) groups excluding carboxylic acids is 1. The van der Waals surface area contributed by atoms with E-state index in [4.69, 9.17) is 9.47 Å². The summed E-state index contributed by atoms with van der Waals surface area (Å²) in [5, 5.41) is 10.6. The van der Waals surface area contributed by atoms with E-state index in [-0.39, 0.29) is 25.2 Å². The fraction of sp³-hybridized carbons (Fsp3) is 0.474. The molecule has 1 fully saturated rings. The van der Waals surface area contributed by atoms with Crippen LogP contribution in [0.4, 0.5) is 0 Å². The Bertz CT molecular complexity index is 804. The Balaban J connectivity index is 1.41. The summed E-state index contributed by atoms with van der Waals surface area (Å²) in [6, 6.07) is 5.79. The predicted molar refractivity (Wildman–Crippen MR) is 94.1 cm³/mol. The molecular weight excluding hydrogens is 334 g/mol. The van der Waals surface area contributed by atoms with Crippen molar-refractivity contribution in [2.75, 3.05) is 19.9 Å². The number of likely N-dealkylation sites (tertiary alicyclic amines) is 1. The van der Waals surface area contributed by atoms with E-state index >= 15 is 0 Å². The van der Waals surface area contributed by atoms with Gasteiger partial charge in [-0.05, 0) is 24.1 Å². The van der Waals surface area contributed by atoms with Crippen molar-refractivity contribution in [1.82, 2.24) is 14.5 Å². The summed E-state index contributed by atoms with van der Waals surface area (Å²) in [4.78, 5) is 18.6. The molecule has 2 aliphatic heterocycles. The van der Waals surface area contributed by atoms with E-state index in [0.717, 1.165) is 35.7 Å². The molecule has 2 atom stereocenters. The number of piperidine rings is 1. The molecule has 0 aliphatic carbocycles. The van der Waals surface area contributed by atoms with Crippen molar-refractivity contribution < 1.29 is 19.4 Å². The number of aliphatic hydroxyl groups is 1. The minimum Gasteiger partial charge on any atom is -0.454 e. The van der Waals surface area contributed by atoms with Gasteiger partial charge < -0.3 is 24.0 Å². The Kier molecular flexibility index (Phi) is 4.55. The first-order valence-electron chi connectivity index (χ1n) is 9.01. The highest BCUT2D eigenvalue weighted by Crippen LogP contribution is 2.37. The van der Waals surface area contributed by atoms with Crippen molar-refractivity contribution in [3.8, 4) is 11.5 Å². The molecule has 7 nitrogen and oxygen atoms in total. The van der Waals surface area contributed by atoms with Crippen LogP contribution >= 0.6 is 0 Å². The van der Waals surface area contributed by atoms with Gasteiger partial charge in [0.2, 0.25) is 12.7 Å². The molecule has 0 saturated carbocycles. The van der Waals surface area contributed by atoms with Gasteiger partial charge in [0.05, 0.1) is 6.10 Å². The normalized spacial score (nSPS) is 21.8. The van der Waals surface area contributed by atoms with E-state index < -0.39 is 6.10 Å². The van der Waals surface area contributed by atoms with Crippen LogP contribution in [0, 0.1) is 0 Å². The van der Waals surface area contributed by atoms with E-state index in [9.17, 15) is 9.90 Å². The molecule has 1 aromatic heterocycles. The maximum atomic E-state index is 12.6. The van der Waals surface area contributed by atoms with Gasteiger partial charge in [-0.2, -0.15) is 0 Å². The maximum absolute atomic E-state index is 12.6. The number of benzene rings is 1. The molecule has 7 heteroatoms. The van der Waals surface area contributed by atoms with Gasteiger partial charge in [-0.3, -0.25) is 4.79 Å². The Morgan fingerprint density at radius 3 is 3.00 bits per heavy atom. The van der Waals surface area contributed by atoms with Crippen LogP contribution in [0.15, 0.2) is 30.6 Å². The standard InChI is InChI=1S/C19H23N3O4/c1-2-18-20-6-8-21(18)11-19(24)22-7-5-14(15(23)10-22)13-3-4-16-17(9-13)26-12-25-16/h3-4,6,8-9,14-15,23H,2,5,7,10-12H2,1H3/t14-,15+/m0/s1. The van der Waals surface area contributed by atoms with Crippen LogP contribution in [0.3, 0.4) is 0 Å². The molecule has 0 spiro atoms. The van der Waals surface area contributed by atoms with Crippen LogP contribution in [-0.2, 0) is 17.8 Å². The second kappa shape index (κ2) is 6.99. The summed E-state index contributed by atoms with van der Waals surface area (Å²) in [6.07, 6.45) is 4.45. The number of aryl methyl sites for hydroxylation is 1. The van der Waals surface area contributed by atoms with Gasteiger partial charge in [0.1, 0.15) is 12.4 Å². The zero-order valence-corrected chi connectivity index (χ0v) is 14.8.